The molecule has 8 heteroatoms. The zero-order valence-electron chi connectivity index (χ0n) is 13.5. The van der Waals surface area contributed by atoms with Gasteiger partial charge < -0.3 is 0 Å². The predicted octanol–water partition coefficient (Wildman–Crippen LogP) is 5.10. The number of benzene rings is 1. The number of hydrogen-bond acceptors (Lipinski definition) is 1. The molecule has 2 atom stereocenters. The Morgan fingerprint density at radius 3 is 1.91 bits per heavy atom. The highest BCUT2D eigenvalue weighted by Gasteiger charge is 2.34. The van der Waals surface area contributed by atoms with Gasteiger partial charge in [0.05, 0.1) is 21.3 Å². The van der Waals surface area contributed by atoms with Crippen molar-refractivity contribution in [1.82, 2.24) is 4.31 Å². The van der Waals surface area contributed by atoms with Crippen LogP contribution in [-0.2, 0) is 17.2 Å². The van der Waals surface area contributed by atoms with E-state index in [0.717, 1.165) is 12.1 Å². The van der Waals surface area contributed by atoms with Crippen LogP contribution >= 0.6 is 0 Å². The van der Waals surface area contributed by atoms with Gasteiger partial charge in [0.1, 0.15) is 0 Å². The Bertz CT molecular complexity index is 580. The molecule has 0 unspecified atom stereocenters. The van der Waals surface area contributed by atoms with Crippen LogP contribution in [0.3, 0.4) is 0 Å². The molecule has 1 aromatic carbocycles. The molecule has 0 amide bonds. The van der Waals surface area contributed by atoms with Gasteiger partial charge in [-0.1, -0.05) is 0 Å². The van der Waals surface area contributed by atoms with E-state index in [2.05, 4.69) is 0 Å². The molecule has 0 spiro atoms. The smallest absolute Gasteiger partial charge is 0.242 e. The van der Waals surface area contributed by atoms with Crippen molar-refractivity contribution >= 4 is 11.0 Å². The van der Waals surface area contributed by atoms with E-state index in [9.17, 15) is 26.2 Å². The lowest BCUT2D eigenvalue weighted by Gasteiger charge is -2.31. The molecule has 23 heavy (non-hydrogen) atoms. The fraction of sp³-hybridized carbons (Fsp3) is 0.600. The number of rotatable bonds is 4. The Labute approximate surface area is 135 Å². The number of halogens is 5. The minimum absolute atomic E-state index is 0.0511. The maximum atomic E-state index is 12.9. The van der Waals surface area contributed by atoms with Crippen molar-refractivity contribution in [3.8, 4) is 0 Å². The first-order valence-electron chi connectivity index (χ1n) is 6.90. The average Bonchev–Trinajstić information content (AvgIpc) is 2.42. The molecule has 0 heterocycles. The molecule has 0 N–H and O–H groups in total. The second-order valence-electron chi connectivity index (χ2n) is 6.27. The number of nitrogens with zero attached hydrogens (tertiary/aromatic N) is 1. The summed E-state index contributed by atoms with van der Waals surface area (Å²) in [6.07, 6.45) is -7.73. The van der Waals surface area contributed by atoms with E-state index in [1.165, 1.54) is 18.3 Å². The molecule has 132 valence electrons. The predicted molar refractivity (Wildman–Crippen MR) is 80.5 cm³/mol. The molecule has 0 aliphatic heterocycles. The van der Waals surface area contributed by atoms with Gasteiger partial charge >= 0.3 is 6.18 Å². The lowest BCUT2D eigenvalue weighted by Crippen LogP contribution is -2.36. The fourth-order valence-electron chi connectivity index (χ4n) is 1.99. The average molecular weight is 357 g/mol. The Balaban J connectivity index is 3.30. The van der Waals surface area contributed by atoms with Crippen LogP contribution in [0.25, 0.3) is 0 Å². The van der Waals surface area contributed by atoms with Crippen LogP contribution in [-0.4, -0.2) is 20.3 Å². The maximum absolute atomic E-state index is 12.9. The summed E-state index contributed by atoms with van der Waals surface area (Å²) in [6.45, 7) is 6.71. The molecule has 1 rings (SSSR count). The van der Waals surface area contributed by atoms with E-state index in [0.29, 0.717) is 6.07 Å². The molecular weight excluding hydrogens is 337 g/mol. The number of hydrogen-bond donors (Lipinski definition) is 0. The van der Waals surface area contributed by atoms with E-state index < -0.39 is 45.5 Å². The van der Waals surface area contributed by atoms with Crippen LogP contribution in [0.4, 0.5) is 22.0 Å². The van der Waals surface area contributed by atoms with Gasteiger partial charge in [-0.05, 0) is 51.5 Å². The van der Waals surface area contributed by atoms with Crippen LogP contribution in [0, 0.1) is 0 Å². The summed E-state index contributed by atoms with van der Waals surface area (Å²) in [5.74, 6) is 0. The van der Waals surface area contributed by atoms with Crippen molar-refractivity contribution in [2.45, 2.75) is 51.1 Å². The van der Waals surface area contributed by atoms with Gasteiger partial charge in [-0.15, -0.1) is 0 Å². The highest BCUT2D eigenvalue weighted by molar-refractivity contribution is 7.84. The molecule has 0 aliphatic rings. The first kappa shape index (κ1) is 20.0. The summed E-state index contributed by atoms with van der Waals surface area (Å²) in [6, 6.07) is 1.59. The first-order chi connectivity index (χ1) is 10.2. The van der Waals surface area contributed by atoms with Gasteiger partial charge in [-0.2, -0.15) is 13.2 Å². The van der Waals surface area contributed by atoms with Gasteiger partial charge in [-0.3, -0.25) is 0 Å². The second kappa shape index (κ2) is 6.84. The van der Waals surface area contributed by atoms with Crippen LogP contribution in [0.15, 0.2) is 18.2 Å². The summed E-state index contributed by atoms with van der Waals surface area (Å²) in [5, 5.41) is 0. The Morgan fingerprint density at radius 1 is 1.04 bits per heavy atom. The Morgan fingerprint density at radius 2 is 1.52 bits per heavy atom. The molecular formula is C15H20F5NOS. The SMILES string of the molecule is C[C@H](c1cc(C(F)F)cc(C(F)(F)F)c1)N(C)[S@](=O)C(C)(C)C. The van der Waals surface area contributed by atoms with E-state index in [4.69, 9.17) is 0 Å². The molecule has 0 fully saturated rings. The molecule has 0 radical (unpaired) electrons. The van der Waals surface area contributed by atoms with Crippen molar-refractivity contribution in [2.75, 3.05) is 7.05 Å². The zero-order chi connectivity index (χ0) is 18.2. The van der Waals surface area contributed by atoms with Gasteiger partial charge in [0.15, 0.2) is 0 Å². The van der Waals surface area contributed by atoms with Crippen molar-refractivity contribution in [3.63, 3.8) is 0 Å². The third-order valence-corrected chi connectivity index (χ3v) is 5.26. The molecule has 0 saturated heterocycles. The molecule has 1 aromatic rings. The fourth-order valence-corrected chi connectivity index (χ4v) is 3.27. The number of alkyl halides is 5. The van der Waals surface area contributed by atoms with Crippen molar-refractivity contribution < 1.29 is 26.2 Å². The third kappa shape index (κ3) is 4.97. The summed E-state index contributed by atoms with van der Waals surface area (Å²) >= 11 is 0. The van der Waals surface area contributed by atoms with Crippen molar-refractivity contribution in [3.05, 3.63) is 34.9 Å². The minimum Gasteiger partial charge on any atom is -0.242 e. The molecule has 0 aliphatic carbocycles. The summed E-state index contributed by atoms with van der Waals surface area (Å²) in [5.41, 5.74) is -1.78. The third-order valence-electron chi connectivity index (χ3n) is 3.37. The summed E-state index contributed by atoms with van der Waals surface area (Å²) < 4.78 is 77.6. The van der Waals surface area contributed by atoms with Crippen LogP contribution in [0.5, 0.6) is 0 Å². The molecule has 0 saturated carbocycles. The molecule has 0 aromatic heterocycles. The van der Waals surface area contributed by atoms with E-state index in [1.54, 1.807) is 20.8 Å². The lowest BCUT2D eigenvalue weighted by molar-refractivity contribution is -0.137. The topological polar surface area (TPSA) is 20.3 Å². The second-order valence-corrected chi connectivity index (χ2v) is 8.57. The molecule has 0 bridgehead atoms. The zero-order valence-corrected chi connectivity index (χ0v) is 14.4. The van der Waals surface area contributed by atoms with E-state index in [1.807, 2.05) is 0 Å². The highest BCUT2D eigenvalue weighted by Crippen LogP contribution is 2.36. The van der Waals surface area contributed by atoms with Gasteiger partial charge in [0, 0.05) is 18.7 Å². The van der Waals surface area contributed by atoms with Crippen LogP contribution < -0.4 is 0 Å². The monoisotopic (exact) mass is 357 g/mol. The maximum Gasteiger partial charge on any atom is 0.416 e. The Kier molecular flexibility index (Phi) is 5.96. The van der Waals surface area contributed by atoms with Gasteiger partial charge in [0.2, 0.25) is 0 Å². The summed E-state index contributed by atoms with van der Waals surface area (Å²) in [7, 11) is 0.00122. The van der Waals surface area contributed by atoms with E-state index in [-0.39, 0.29) is 5.56 Å². The largest absolute Gasteiger partial charge is 0.416 e. The summed E-state index contributed by atoms with van der Waals surface area (Å²) in [4.78, 5) is 0. The van der Waals surface area contributed by atoms with Crippen molar-refractivity contribution in [1.29, 1.82) is 0 Å². The molecule has 2 nitrogen and oxygen atoms in total. The van der Waals surface area contributed by atoms with Gasteiger partial charge in [0.25, 0.3) is 6.43 Å². The van der Waals surface area contributed by atoms with Gasteiger partial charge in [-0.25, -0.2) is 17.3 Å². The van der Waals surface area contributed by atoms with Crippen LogP contribution in [0.2, 0.25) is 0 Å². The lowest BCUT2D eigenvalue weighted by atomic mass is 10.0. The minimum atomic E-state index is -4.72. The van der Waals surface area contributed by atoms with E-state index >= 15 is 0 Å². The Hall–Kier alpha value is -1.02. The standard InChI is InChI=1S/C15H20F5NOS/c1-9(21(5)23(22)14(2,3)4)10-6-11(13(16)17)8-12(7-10)15(18,19)20/h6-9,13H,1-5H3/t9-,23-/m1/s1. The van der Waals surface area contributed by atoms with Crippen LogP contribution in [0.1, 0.15) is 56.9 Å². The highest BCUT2D eigenvalue weighted by atomic mass is 32.2. The van der Waals surface area contributed by atoms with Crippen molar-refractivity contribution in [2.24, 2.45) is 0 Å². The quantitative estimate of drug-likeness (QED) is 0.687. The normalized spacial score (nSPS) is 16.0. The first-order valence-corrected chi connectivity index (χ1v) is 8.01.